The Morgan fingerprint density at radius 2 is 2.40 bits per heavy atom. The fraction of sp³-hybridized carbons (Fsp3) is 0.545. The molecule has 0 saturated carbocycles. The molecule has 0 fully saturated rings. The number of rotatable bonds is 6. The van der Waals surface area contributed by atoms with Gasteiger partial charge >= 0.3 is 0 Å². The van der Waals surface area contributed by atoms with Crippen LogP contribution in [0.5, 0.6) is 0 Å². The fourth-order valence-electron chi connectivity index (χ4n) is 1.60. The summed E-state index contributed by atoms with van der Waals surface area (Å²) in [4.78, 5) is 5.35. The highest BCUT2D eigenvalue weighted by Crippen LogP contribution is 2.14. The summed E-state index contributed by atoms with van der Waals surface area (Å²) in [6.07, 6.45) is 7.51. The summed E-state index contributed by atoms with van der Waals surface area (Å²) >= 11 is 1.71. The molecule has 82 valence electrons. The maximum Gasteiger partial charge on any atom is 0.193 e. The first-order valence-corrected chi connectivity index (χ1v) is 6.40. The van der Waals surface area contributed by atoms with Gasteiger partial charge in [-0.1, -0.05) is 13.3 Å². The van der Waals surface area contributed by atoms with Crippen molar-refractivity contribution in [3.05, 3.63) is 23.5 Å². The van der Waals surface area contributed by atoms with Crippen molar-refractivity contribution in [3.8, 4) is 0 Å². The Bertz CT molecular complexity index is 405. The highest BCUT2D eigenvalue weighted by molar-refractivity contribution is 7.15. The van der Waals surface area contributed by atoms with Gasteiger partial charge in [0, 0.05) is 36.4 Å². The summed E-state index contributed by atoms with van der Waals surface area (Å²) in [5.74, 6) is 0. The first-order valence-electron chi connectivity index (χ1n) is 5.52. The quantitative estimate of drug-likeness (QED) is 0.762. The summed E-state index contributed by atoms with van der Waals surface area (Å²) in [5, 5.41) is 5.65. The van der Waals surface area contributed by atoms with E-state index in [0.717, 1.165) is 24.5 Å². The van der Waals surface area contributed by atoms with Crippen LogP contribution in [0.25, 0.3) is 4.96 Å². The Kier molecular flexibility index (Phi) is 3.75. The van der Waals surface area contributed by atoms with Crippen molar-refractivity contribution in [2.24, 2.45) is 0 Å². The predicted molar refractivity (Wildman–Crippen MR) is 64.6 cm³/mol. The number of thiazole rings is 1. The lowest BCUT2D eigenvalue weighted by molar-refractivity contribution is 0.635. The molecule has 4 heteroatoms. The Hall–Kier alpha value is -0.870. The van der Waals surface area contributed by atoms with E-state index in [0.29, 0.717) is 0 Å². The van der Waals surface area contributed by atoms with Crippen molar-refractivity contribution in [3.63, 3.8) is 0 Å². The van der Waals surface area contributed by atoms with E-state index in [4.69, 9.17) is 0 Å². The molecule has 0 radical (unpaired) electrons. The second kappa shape index (κ2) is 5.28. The molecule has 0 aliphatic rings. The lowest BCUT2D eigenvalue weighted by Gasteiger charge is -2.02. The van der Waals surface area contributed by atoms with E-state index in [1.165, 1.54) is 18.5 Å². The van der Waals surface area contributed by atoms with Crippen LogP contribution in [0, 0.1) is 0 Å². The van der Waals surface area contributed by atoms with E-state index >= 15 is 0 Å². The van der Waals surface area contributed by atoms with Crippen molar-refractivity contribution in [1.29, 1.82) is 0 Å². The van der Waals surface area contributed by atoms with Gasteiger partial charge in [0.15, 0.2) is 4.96 Å². The molecular weight excluding hydrogens is 206 g/mol. The molecule has 0 amide bonds. The van der Waals surface area contributed by atoms with Gasteiger partial charge in [-0.2, -0.15) is 0 Å². The van der Waals surface area contributed by atoms with Gasteiger partial charge in [0.25, 0.3) is 0 Å². The average molecular weight is 223 g/mol. The lowest BCUT2D eigenvalue weighted by atomic mass is 10.3. The number of hydrogen-bond donors (Lipinski definition) is 1. The molecule has 0 bridgehead atoms. The SMILES string of the molecule is CCCCNCCc1csc2nccn12. The van der Waals surface area contributed by atoms with Gasteiger partial charge in [-0.15, -0.1) is 11.3 Å². The van der Waals surface area contributed by atoms with Crippen molar-refractivity contribution in [1.82, 2.24) is 14.7 Å². The number of hydrogen-bond acceptors (Lipinski definition) is 3. The Morgan fingerprint density at radius 3 is 3.27 bits per heavy atom. The standard InChI is InChI=1S/C11H17N3S/c1-2-3-5-12-6-4-10-9-15-11-13-7-8-14(10)11/h7-9,12H,2-6H2,1H3. The number of aromatic nitrogens is 2. The highest BCUT2D eigenvalue weighted by Gasteiger charge is 2.02. The maximum atomic E-state index is 4.26. The second-order valence-electron chi connectivity index (χ2n) is 3.66. The minimum absolute atomic E-state index is 1.06. The van der Waals surface area contributed by atoms with E-state index in [-0.39, 0.29) is 0 Å². The number of fused-ring (bicyclic) bond motifs is 1. The van der Waals surface area contributed by atoms with Crippen LogP contribution in [0.4, 0.5) is 0 Å². The van der Waals surface area contributed by atoms with Crippen molar-refractivity contribution < 1.29 is 0 Å². The molecule has 2 rings (SSSR count). The average Bonchev–Trinajstić information content (AvgIpc) is 2.81. The van der Waals surface area contributed by atoms with Gasteiger partial charge in [-0.05, 0) is 13.0 Å². The molecule has 2 heterocycles. The summed E-state index contributed by atoms with van der Waals surface area (Å²) in [7, 11) is 0. The Morgan fingerprint density at radius 1 is 1.47 bits per heavy atom. The van der Waals surface area contributed by atoms with E-state index in [1.807, 2.05) is 12.4 Å². The predicted octanol–water partition coefficient (Wildman–Crippen LogP) is 2.33. The van der Waals surface area contributed by atoms with E-state index < -0.39 is 0 Å². The van der Waals surface area contributed by atoms with Crippen LogP contribution in [-0.4, -0.2) is 22.5 Å². The van der Waals surface area contributed by atoms with Gasteiger partial charge < -0.3 is 5.32 Å². The minimum atomic E-state index is 1.06. The normalized spacial score (nSPS) is 11.3. The summed E-state index contributed by atoms with van der Waals surface area (Å²) in [5.41, 5.74) is 1.36. The monoisotopic (exact) mass is 223 g/mol. The molecule has 0 saturated heterocycles. The van der Waals surface area contributed by atoms with Gasteiger partial charge in [-0.3, -0.25) is 4.40 Å². The molecule has 0 unspecified atom stereocenters. The molecule has 0 spiro atoms. The zero-order valence-electron chi connectivity index (χ0n) is 9.07. The summed E-state index contributed by atoms with van der Waals surface area (Å²) in [6.45, 7) is 4.41. The van der Waals surface area contributed by atoms with Crippen molar-refractivity contribution >= 4 is 16.3 Å². The van der Waals surface area contributed by atoms with E-state index in [2.05, 4.69) is 27.0 Å². The van der Waals surface area contributed by atoms with Crippen LogP contribution in [-0.2, 0) is 6.42 Å². The third-order valence-corrected chi connectivity index (χ3v) is 3.38. The fourth-order valence-corrected chi connectivity index (χ4v) is 2.48. The number of imidazole rings is 1. The van der Waals surface area contributed by atoms with Crippen LogP contribution in [0.1, 0.15) is 25.5 Å². The minimum Gasteiger partial charge on any atom is -0.316 e. The lowest BCUT2D eigenvalue weighted by Crippen LogP contribution is -2.18. The zero-order chi connectivity index (χ0) is 10.5. The van der Waals surface area contributed by atoms with Crippen LogP contribution in [0.3, 0.4) is 0 Å². The number of unbranched alkanes of at least 4 members (excludes halogenated alkanes) is 1. The summed E-state index contributed by atoms with van der Waals surface area (Å²) < 4.78 is 2.17. The molecular formula is C11H17N3S. The van der Waals surface area contributed by atoms with Crippen LogP contribution in [0.15, 0.2) is 17.8 Å². The van der Waals surface area contributed by atoms with Crippen LogP contribution < -0.4 is 5.32 Å². The molecule has 2 aromatic rings. The van der Waals surface area contributed by atoms with Gasteiger partial charge in [0.05, 0.1) is 0 Å². The van der Waals surface area contributed by atoms with E-state index in [1.54, 1.807) is 11.3 Å². The van der Waals surface area contributed by atoms with Crippen LogP contribution in [0.2, 0.25) is 0 Å². The third-order valence-electron chi connectivity index (χ3n) is 2.48. The van der Waals surface area contributed by atoms with Gasteiger partial charge in [0.2, 0.25) is 0 Å². The first-order chi connectivity index (χ1) is 7.42. The highest BCUT2D eigenvalue weighted by atomic mass is 32.1. The molecule has 0 aliphatic carbocycles. The molecule has 2 aromatic heterocycles. The van der Waals surface area contributed by atoms with Crippen LogP contribution >= 0.6 is 11.3 Å². The number of nitrogens with one attached hydrogen (secondary N) is 1. The Labute approximate surface area is 94.1 Å². The molecule has 3 nitrogen and oxygen atoms in total. The van der Waals surface area contributed by atoms with Crippen molar-refractivity contribution in [2.75, 3.05) is 13.1 Å². The smallest absolute Gasteiger partial charge is 0.193 e. The molecule has 0 aromatic carbocycles. The Balaban J connectivity index is 1.82. The second-order valence-corrected chi connectivity index (χ2v) is 4.50. The van der Waals surface area contributed by atoms with Crippen molar-refractivity contribution in [2.45, 2.75) is 26.2 Å². The summed E-state index contributed by atoms with van der Waals surface area (Å²) in [6, 6.07) is 0. The first kappa shape index (κ1) is 10.6. The number of nitrogens with zero attached hydrogens (tertiary/aromatic N) is 2. The molecule has 0 aliphatic heterocycles. The molecule has 0 atom stereocenters. The molecule has 1 N–H and O–H groups in total. The van der Waals surface area contributed by atoms with Gasteiger partial charge in [0.1, 0.15) is 0 Å². The zero-order valence-corrected chi connectivity index (χ0v) is 9.89. The molecule has 15 heavy (non-hydrogen) atoms. The largest absolute Gasteiger partial charge is 0.316 e. The third kappa shape index (κ3) is 2.58. The van der Waals surface area contributed by atoms with E-state index in [9.17, 15) is 0 Å². The maximum absolute atomic E-state index is 4.26. The topological polar surface area (TPSA) is 29.3 Å². The van der Waals surface area contributed by atoms with Gasteiger partial charge in [-0.25, -0.2) is 4.98 Å².